The van der Waals surface area contributed by atoms with Gasteiger partial charge in [0.15, 0.2) is 0 Å². The summed E-state index contributed by atoms with van der Waals surface area (Å²) in [4.78, 5) is 14.3. The maximum atomic E-state index is 13.0. The van der Waals surface area contributed by atoms with E-state index in [9.17, 15) is 9.18 Å². The summed E-state index contributed by atoms with van der Waals surface area (Å²) >= 11 is 0. The van der Waals surface area contributed by atoms with Crippen LogP contribution in [0.25, 0.3) is 0 Å². The number of nitrogens with zero attached hydrogens (tertiary/aromatic N) is 1. The van der Waals surface area contributed by atoms with Crippen molar-refractivity contribution in [3.8, 4) is 0 Å². The second kappa shape index (κ2) is 6.89. The zero-order chi connectivity index (χ0) is 15.4. The average molecular weight is 293 g/mol. The van der Waals surface area contributed by atoms with E-state index in [1.807, 2.05) is 0 Å². The summed E-state index contributed by atoms with van der Waals surface area (Å²) in [5.41, 5.74) is 6.41. The lowest BCUT2D eigenvalue weighted by molar-refractivity contribution is -0.116. The Morgan fingerprint density at radius 1 is 1.48 bits per heavy atom. The van der Waals surface area contributed by atoms with Crippen molar-refractivity contribution in [3.05, 3.63) is 24.0 Å². The molecule has 4 nitrogen and oxygen atoms in total. The Morgan fingerprint density at radius 2 is 2.19 bits per heavy atom. The number of amides is 1. The highest BCUT2D eigenvalue weighted by molar-refractivity contribution is 5.93. The van der Waals surface area contributed by atoms with Crippen molar-refractivity contribution in [2.45, 2.75) is 39.2 Å². The minimum absolute atomic E-state index is 0.0882. The van der Waals surface area contributed by atoms with Gasteiger partial charge in [-0.15, -0.1) is 0 Å². The van der Waals surface area contributed by atoms with E-state index in [1.54, 1.807) is 0 Å². The number of rotatable bonds is 7. The van der Waals surface area contributed by atoms with Gasteiger partial charge in [-0.25, -0.2) is 4.39 Å². The van der Waals surface area contributed by atoms with Gasteiger partial charge in [-0.05, 0) is 50.8 Å². The predicted octanol–water partition coefficient (Wildman–Crippen LogP) is 2.86. The zero-order valence-electron chi connectivity index (χ0n) is 12.7. The fourth-order valence-electron chi connectivity index (χ4n) is 2.30. The highest BCUT2D eigenvalue weighted by Crippen LogP contribution is 2.30. The quantitative estimate of drug-likeness (QED) is 0.760. The first kappa shape index (κ1) is 15.8. The van der Waals surface area contributed by atoms with Crippen molar-refractivity contribution in [1.82, 2.24) is 4.90 Å². The van der Waals surface area contributed by atoms with Crippen LogP contribution in [-0.2, 0) is 4.79 Å². The first-order chi connectivity index (χ1) is 9.95. The molecule has 0 aromatic heterocycles. The van der Waals surface area contributed by atoms with Gasteiger partial charge in [0.1, 0.15) is 5.82 Å². The molecule has 21 heavy (non-hydrogen) atoms. The molecule has 2 rings (SSSR count). The number of carbonyl (C=O) groups is 1. The number of hydrogen-bond donors (Lipinski definition) is 2. The third-order valence-electron chi connectivity index (χ3n) is 3.83. The lowest BCUT2D eigenvalue weighted by Gasteiger charge is -2.26. The van der Waals surface area contributed by atoms with E-state index in [1.165, 1.54) is 31.0 Å². The number of halogens is 1. The minimum Gasteiger partial charge on any atom is -0.397 e. The van der Waals surface area contributed by atoms with Crippen molar-refractivity contribution in [3.63, 3.8) is 0 Å². The molecule has 1 aliphatic carbocycles. The van der Waals surface area contributed by atoms with Crippen molar-refractivity contribution in [2.75, 3.05) is 24.1 Å². The number of nitrogens with one attached hydrogen (secondary N) is 1. The monoisotopic (exact) mass is 293 g/mol. The van der Waals surface area contributed by atoms with Crippen LogP contribution in [0.3, 0.4) is 0 Å². The number of benzene rings is 1. The van der Waals surface area contributed by atoms with E-state index in [-0.39, 0.29) is 11.6 Å². The average Bonchev–Trinajstić information content (AvgIpc) is 3.21. The Kier molecular flexibility index (Phi) is 5.17. The number of anilines is 2. The Hall–Kier alpha value is -1.62. The summed E-state index contributed by atoms with van der Waals surface area (Å²) in [5, 5.41) is 2.74. The second-order valence-corrected chi connectivity index (χ2v) is 6.06. The summed E-state index contributed by atoms with van der Waals surface area (Å²) < 4.78 is 13.0. The van der Waals surface area contributed by atoms with Gasteiger partial charge in [0.2, 0.25) is 5.91 Å². The molecule has 0 bridgehead atoms. The molecule has 0 aliphatic heterocycles. The molecule has 0 atom stereocenters. The Labute approximate surface area is 125 Å². The van der Waals surface area contributed by atoms with Gasteiger partial charge in [-0.3, -0.25) is 4.79 Å². The summed E-state index contributed by atoms with van der Waals surface area (Å²) in [6.07, 6.45) is 3.03. The molecule has 0 spiro atoms. The van der Waals surface area contributed by atoms with Gasteiger partial charge in [-0.2, -0.15) is 0 Å². The molecule has 0 radical (unpaired) electrons. The van der Waals surface area contributed by atoms with Crippen LogP contribution >= 0.6 is 0 Å². The standard InChI is InChI=1S/C16H24FN3O/c1-11(2)20(10-12-3-4-12)8-7-16(21)19-15-6-5-13(17)9-14(15)18/h5-6,9,11-12H,3-4,7-8,10,18H2,1-2H3,(H,19,21). The fraction of sp³-hybridized carbons (Fsp3) is 0.562. The SMILES string of the molecule is CC(C)N(CCC(=O)Nc1ccc(F)cc1N)CC1CC1. The number of carbonyl (C=O) groups excluding carboxylic acids is 1. The van der Waals surface area contributed by atoms with Crippen molar-refractivity contribution in [1.29, 1.82) is 0 Å². The van der Waals surface area contributed by atoms with Gasteiger partial charge in [0.25, 0.3) is 0 Å². The Morgan fingerprint density at radius 3 is 2.76 bits per heavy atom. The van der Waals surface area contributed by atoms with Gasteiger partial charge < -0.3 is 16.0 Å². The van der Waals surface area contributed by atoms with E-state index in [0.29, 0.717) is 18.2 Å². The van der Waals surface area contributed by atoms with Gasteiger partial charge >= 0.3 is 0 Å². The molecule has 1 saturated carbocycles. The molecule has 0 heterocycles. The lowest BCUT2D eigenvalue weighted by atomic mass is 10.2. The van der Waals surface area contributed by atoms with Crippen LogP contribution in [0.4, 0.5) is 15.8 Å². The van der Waals surface area contributed by atoms with Gasteiger partial charge in [0, 0.05) is 25.6 Å². The molecule has 3 N–H and O–H groups in total. The Balaban J connectivity index is 1.82. The molecule has 0 unspecified atom stereocenters. The van der Waals surface area contributed by atoms with Crippen LogP contribution in [0.1, 0.15) is 33.1 Å². The molecular weight excluding hydrogens is 269 g/mol. The largest absolute Gasteiger partial charge is 0.397 e. The summed E-state index contributed by atoms with van der Waals surface area (Å²) in [6, 6.07) is 4.43. The van der Waals surface area contributed by atoms with Crippen LogP contribution in [0.15, 0.2) is 18.2 Å². The molecule has 0 saturated heterocycles. The van der Waals surface area contributed by atoms with E-state index < -0.39 is 5.82 Å². The van der Waals surface area contributed by atoms with E-state index >= 15 is 0 Å². The molecule has 1 aliphatic rings. The van der Waals surface area contributed by atoms with E-state index in [0.717, 1.165) is 19.0 Å². The smallest absolute Gasteiger partial charge is 0.225 e. The molecule has 1 aromatic rings. The van der Waals surface area contributed by atoms with Crippen molar-refractivity contribution >= 4 is 17.3 Å². The fourth-order valence-corrected chi connectivity index (χ4v) is 2.30. The lowest BCUT2D eigenvalue weighted by Crippen LogP contribution is -2.35. The number of hydrogen-bond acceptors (Lipinski definition) is 3. The normalized spacial score (nSPS) is 14.7. The molecule has 5 heteroatoms. The van der Waals surface area contributed by atoms with Crippen LogP contribution in [0.5, 0.6) is 0 Å². The zero-order valence-corrected chi connectivity index (χ0v) is 12.7. The first-order valence-corrected chi connectivity index (χ1v) is 7.54. The van der Waals surface area contributed by atoms with Crippen LogP contribution in [0.2, 0.25) is 0 Å². The van der Waals surface area contributed by atoms with E-state index in [4.69, 9.17) is 5.73 Å². The molecule has 1 fully saturated rings. The third-order valence-corrected chi connectivity index (χ3v) is 3.83. The maximum Gasteiger partial charge on any atom is 0.225 e. The van der Waals surface area contributed by atoms with Gasteiger partial charge in [0.05, 0.1) is 11.4 Å². The molecule has 116 valence electrons. The maximum absolute atomic E-state index is 13.0. The summed E-state index contributed by atoms with van der Waals surface area (Å²) in [6.45, 7) is 6.11. The van der Waals surface area contributed by atoms with E-state index in [2.05, 4.69) is 24.1 Å². The number of nitrogen functional groups attached to an aromatic ring is 1. The second-order valence-electron chi connectivity index (χ2n) is 6.06. The van der Waals surface area contributed by atoms with Crippen LogP contribution < -0.4 is 11.1 Å². The topological polar surface area (TPSA) is 58.4 Å². The highest BCUT2D eigenvalue weighted by Gasteiger charge is 2.25. The first-order valence-electron chi connectivity index (χ1n) is 7.54. The minimum atomic E-state index is -0.402. The molecular formula is C16H24FN3O. The van der Waals surface area contributed by atoms with Crippen molar-refractivity contribution < 1.29 is 9.18 Å². The van der Waals surface area contributed by atoms with Crippen LogP contribution in [-0.4, -0.2) is 29.9 Å². The molecule has 1 aromatic carbocycles. The predicted molar refractivity (Wildman–Crippen MR) is 83.5 cm³/mol. The highest BCUT2D eigenvalue weighted by atomic mass is 19.1. The van der Waals surface area contributed by atoms with Gasteiger partial charge in [-0.1, -0.05) is 0 Å². The molecule has 1 amide bonds. The van der Waals surface area contributed by atoms with Crippen LogP contribution in [0, 0.1) is 11.7 Å². The van der Waals surface area contributed by atoms with Crippen molar-refractivity contribution in [2.24, 2.45) is 5.92 Å². The summed E-state index contributed by atoms with van der Waals surface area (Å²) in [7, 11) is 0. The Bertz CT molecular complexity index is 500. The summed E-state index contributed by atoms with van der Waals surface area (Å²) in [5.74, 6) is 0.318. The third kappa shape index (κ3) is 5.01. The number of nitrogens with two attached hydrogens (primary N) is 1.